The van der Waals surface area contributed by atoms with Gasteiger partial charge in [0.2, 0.25) is 0 Å². The molecular weight excluding hydrogens is 302 g/mol. The molecule has 1 unspecified atom stereocenters. The number of pyridine rings is 1. The molecule has 3 aromatic rings. The summed E-state index contributed by atoms with van der Waals surface area (Å²) in [5.74, 6) is -1.36. The molecule has 0 aliphatic heterocycles. The van der Waals surface area contributed by atoms with Crippen molar-refractivity contribution in [1.29, 1.82) is 0 Å². The van der Waals surface area contributed by atoms with Gasteiger partial charge in [-0.05, 0) is 42.0 Å². The van der Waals surface area contributed by atoms with Crippen molar-refractivity contribution in [2.24, 2.45) is 0 Å². The molecule has 1 heterocycles. The summed E-state index contributed by atoms with van der Waals surface area (Å²) in [6, 6.07) is 15.4. The normalized spacial score (nSPS) is 11.9. The zero-order valence-electron chi connectivity index (χ0n) is 13.5. The summed E-state index contributed by atoms with van der Waals surface area (Å²) in [6.45, 7) is 4.10. The van der Waals surface area contributed by atoms with Gasteiger partial charge in [-0.1, -0.05) is 42.5 Å². The topological polar surface area (TPSA) is 56.3 Å². The molecule has 0 fully saturated rings. The highest BCUT2D eigenvalue weighted by Crippen LogP contribution is 2.29. The van der Waals surface area contributed by atoms with Crippen LogP contribution in [0.4, 0.5) is 0 Å². The van der Waals surface area contributed by atoms with Crippen LogP contribution in [-0.2, 0) is 14.3 Å². The quantitative estimate of drug-likeness (QED) is 0.418. The molecule has 0 N–H and O–H groups in total. The Morgan fingerprint density at radius 1 is 1.08 bits per heavy atom. The molecule has 2 aromatic carbocycles. The molecule has 4 nitrogen and oxygen atoms in total. The van der Waals surface area contributed by atoms with E-state index in [-0.39, 0.29) is 6.47 Å². The first-order valence-electron chi connectivity index (χ1n) is 7.66. The van der Waals surface area contributed by atoms with E-state index in [0.717, 1.165) is 27.5 Å². The Morgan fingerprint density at radius 3 is 2.58 bits per heavy atom. The largest absolute Gasteiger partial charge is 0.395 e. The lowest BCUT2D eigenvalue weighted by Crippen LogP contribution is -2.19. The summed E-state index contributed by atoms with van der Waals surface area (Å²) in [5, 5.41) is 2.03. The van der Waals surface area contributed by atoms with E-state index in [0.29, 0.717) is 5.69 Å². The highest BCUT2D eigenvalue weighted by Gasteiger charge is 2.27. The van der Waals surface area contributed by atoms with Crippen molar-refractivity contribution >= 4 is 23.2 Å². The fourth-order valence-electron chi connectivity index (χ4n) is 2.93. The van der Waals surface area contributed by atoms with Crippen LogP contribution in [0.2, 0.25) is 0 Å². The van der Waals surface area contributed by atoms with Gasteiger partial charge in [0.15, 0.2) is 0 Å². The van der Waals surface area contributed by atoms with Gasteiger partial charge >= 0.3 is 12.4 Å². The van der Waals surface area contributed by atoms with Crippen molar-refractivity contribution in [3.63, 3.8) is 0 Å². The molecule has 0 spiro atoms. The predicted molar refractivity (Wildman–Crippen MR) is 91.7 cm³/mol. The summed E-state index contributed by atoms with van der Waals surface area (Å²) in [7, 11) is 0. The maximum absolute atomic E-state index is 12.4. The minimum Gasteiger partial charge on any atom is -0.395 e. The van der Waals surface area contributed by atoms with E-state index < -0.39 is 11.9 Å². The van der Waals surface area contributed by atoms with Crippen molar-refractivity contribution in [2.75, 3.05) is 0 Å². The molecule has 0 amide bonds. The molecule has 0 bridgehead atoms. The standard InChI is InChI=1S/C20H17NO3/c1-13-6-3-4-9-16(13)19(20(23)24-12-22)18-10-15-8-5-7-14(2)17(15)11-21-18/h3-12,19H,1-2H3. The number of hydrogen-bond donors (Lipinski definition) is 0. The van der Waals surface area contributed by atoms with Crippen molar-refractivity contribution in [1.82, 2.24) is 4.98 Å². The van der Waals surface area contributed by atoms with Gasteiger partial charge in [0.1, 0.15) is 5.92 Å². The maximum Gasteiger partial charge on any atom is 0.327 e. The molecule has 4 heteroatoms. The number of aryl methyl sites for hydroxylation is 2. The van der Waals surface area contributed by atoms with Crippen LogP contribution >= 0.6 is 0 Å². The molecule has 120 valence electrons. The fraction of sp³-hybridized carbons (Fsp3) is 0.150. The lowest BCUT2D eigenvalue weighted by molar-refractivity contribution is -0.151. The minimum atomic E-state index is -0.735. The van der Waals surface area contributed by atoms with Crippen LogP contribution in [0.5, 0.6) is 0 Å². The Labute approximate surface area is 140 Å². The summed E-state index contributed by atoms with van der Waals surface area (Å²) in [4.78, 5) is 27.5. The van der Waals surface area contributed by atoms with E-state index in [1.54, 1.807) is 6.20 Å². The number of carbonyl (C=O) groups is 2. The molecule has 3 rings (SSSR count). The smallest absolute Gasteiger partial charge is 0.327 e. The molecule has 24 heavy (non-hydrogen) atoms. The highest BCUT2D eigenvalue weighted by molar-refractivity contribution is 5.89. The number of nitrogens with zero attached hydrogens (tertiary/aromatic N) is 1. The minimum absolute atomic E-state index is 0.165. The van der Waals surface area contributed by atoms with Crippen molar-refractivity contribution < 1.29 is 14.3 Å². The first kappa shape index (κ1) is 15.9. The van der Waals surface area contributed by atoms with Crippen LogP contribution in [0, 0.1) is 13.8 Å². The van der Waals surface area contributed by atoms with E-state index >= 15 is 0 Å². The molecule has 0 aliphatic carbocycles. The van der Waals surface area contributed by atoms with Crippen LogP contribution in [0.1, 0.15) is 28.3 Å². The van der Waals surface area contributed by atoms with Gasteiger partial charge < -0.3 is 4.74 Å². The SMILES string of the molecule is Cc1ccccc1C(C(=O)OC=O)c1cc2cccc(C)c2cn1. The average Bonchev–Trinajstić information content (AvgIpc) is 2.57. The van der Waals surface area contributed by atoms with Gasteiger partial charge in [0.05, 0.1) is 5.69 Å². The Balaban J connectivity index is 2.17. The second-order valence-corrected chi connectivity index (χ2v) is 5.73. The second-order valence-electron chi connectivity index (χ2n) is 5.73. The molecule has 0 saturated heterocycles. The van der Waals surface area contributed by atoms with Gasteiger partial charge in [-0.25, -0.2) is 0 Å². The van der Waals surface area contributed by atoms with Crippen molar-refractivity contribution in [3.05, 3.63) is 77.1 Å². The first-order valence-corrected chi connectivity index (χ1v) is 7.66. The fourth-order valence-corrected chi connectivity index (χ4v) is 2.93. The molecular formula is C20H17NO3. The lowest BCUT2D eigenvalue weighted by atomic mass is 9.90. The zero-order chi connectivity index (χ0) is 17.1. The number of fused-ring (bicyclic) bond motifs is 1. The summed E-state index contributed by atoms with van der Waals surface area (Å²) in [5.41, 5.74) is 3.41. The third-order valence-corrected chi connectivity index (χ3v) is 4.20. The number of ether oxygens (including phenoxy) is 1. The molecule has 1 aromatic heterocycles. The number of hydrogen-bond acceptors (Lipinski definition) is 4. The van der Waals surface area contributed by atoms with Crippen LogP contribution < -0.4 is 0 Å². The zero-order valence-corrected chi connectivity index (χ0v) is 13.5. The van der Waals surface area contributed by atoms with Gasteiger partial charge in [-0.2, -0.15) is 0 Å². The van der Waals surface area contributed by atoms with Crippen molar-refractivity contribution in [2.45, 2.75) is 19.8 Å². The summed E-state index contributed by atoms with van der Waals surface area (Å²) < 4.78 is 4.64. The number of carbonyl (C=O) groups excluding carboxylic acids is 2. The van der Waals surface area contributed by atoms with E-state index in [1.807, 2.05) is 62.4 Å². The molecule has 0 aliphatic rings. The Morgan fingerprint density at radius 2 is 1.83 bits per heavy atom. The van der Waals surface area contributed by atoms with Crippen LogP contribution in [0.3, 0.4) is 0 Å². The molecule has 1 atom stereocenters. The Hall–Kier alpha value is -3.01. The maximum atomic E-state index is 12.4. The van der Waals surface area contributed by atoms with E-state index in [9.17, 15) is 9.59 Å². The molecule has 0 saturated carbocycles. The number of benzene rings is 2. The first-order chi connectivity index (χ1) is 11.6. The van der Waals surface area contributed by atoms with E-state index in [4.69, 9.17) is 0 Å². The van der Waals surface area contributed by atoms with Crippen LogP contribution in [-0.4, -0.2) is 17.4 Å². The van der Waals surface area contributed by atoms with Gasteiger partial charge in [-0.3, -0.25) is 14.6 Å². The van der Waals surface area contributed by atoms with Gasteiger partial charge in [0.25, 0.3) is 0 Å². The number of rotatable bonds is 4. The Kier molecular flexibility index (Phi) is 4.38. The highest BCUT2D eigenvalue weighted by atomic mass is 16.6. The lowest BCUT2D eigenvalue weighted by Gasteiger charge is -2.17. The van der Waals surface area contributed by atoms with E-state index in [2.05, 4.69) is 9.72 Å². The molecule has 0 radical (unpaired) electrons. The van der Waals surface area contributed by atoms with Crippen molar-refractivity contribution in [3.8, 4) is 0 Å². The van der Waals surface area contributed by atoms with Gasteiger partial charge in [-0.15, -0.1) is 0 Å². The van der Waals surface area contributed by atoms with E-state index in [1.165, 1.54) is 0 Å². The predicted octanol–water partition coefficient (Wildman–Crippen LogP) is 3.68. The third-order valence-electron chi connectivity index (χ3n) is 4.20. The monoisotopic (exact) mass is 319 g/mol. The van der Waals surface area contributed by atoms with Crippen LogP contribution in [0.25, 0.3) is 10.8 Å². The summed E-state index contributed by atoms with van der Waals surface area (Å²) >= 11 is 0. The number of esters is 1. The Bertz CT molecular complexity index is 918. The van der Waals surface area contributed by atoms with Gasteiger partial charge in [0, 0.05) is 11.6 Å². The average molecular weight is 319 g/mol. The third kappa shape index (κ3) is 2.91. The second kappa shape index (κ2) is 6.62. The number of aromatic nitrogens is 1. The van der Waals surface area contributed by atoms with Crippen LogP contribution in [0.15, 0.2) is 54.7 Å². The summed E-state index contributed by atoms with van der Waals surface area (Å²) in [6.07, 6.45) is 1.76.